The molecule has 8 heteroatoms. The van der Waals surface area contributed by atoms with E-state index in [0.29, 0.717) is 5.69 Å². The summed E-state index contributed by atoms with van der Waals surface area (Å²) in [5.74, 6) is -1.96. The molecule has 2 aliphatic heterocycles. The fourth-order valence-electron chi connectivity index (χ4n) is 4.25. The van der Waals surface area contributed by atoms with Crippen molar-refractivity contribution in [3.05, 3.63) is 101 Å². The fraction of sp³-hybridized carbons (Fsp3) is 0.130. The van der Waals surface area contributed by atoms with Gasteiger partial charge in [-0.1, -0.05) is 60.7 Å². The summed E-state index contributed by atoms with van der Waals surface area (Å²) >= 11 is 0. The van der Waals surface area contributed by atoms with Crippen LogP contribution in [0.4, 0.5) is 17.1 Å². The molecule has 3 atom stereocenters. The molecule has 0 spiro atoms. The Morgan fingerprint density at radius 3 is 2.10 bits per heavy atom. The third kappa shape index (κ3) is 2.96. The van der Waals surface area contributed by atoms with E-state index < -0.39 is 34.8 Å². The third-order valence-corrected chi connectivity index (χ3v) is 5.59. The molecule has 0 saturated carbocycles. The first-order chi connectivity index (χ1) is 15.1. The van der Waals surface area contributed by atoms with Gasteiger partial charge in [-0.05, 0) is 23.8 Å². The molecule has 2 heterocycles. The van der Waals surface area contributed by atoms with Gasteiger partial charge in [-0.3, -0.25) is 24.5 Å². The van der Waals surface area contributed by atoms with Gasteiger partial charge in [0.05, 0.1) is 16.7 Å². The van der Waals surface area contributed by atoms with Crippen molar-refractivity contribution in [2.24, 2.45) is 5.92 Å². The SMILES string of the molecule is O=C1[C@@H]2[C@H](ON(c3ccccc3)[C@@H]2c2ccccc2)C(=O)N1c1ccccc1[N+](=O)[O-]. The van der Waals surface area contributed by atoms with Crippen LogP contribution in [0.1, 0.15) is 11.6 Å². The van der Waals surface area contributed by atoms with Gasteiger partial charge in [-0.25, -0.2) is 9.96 Å². The lowest BCUT2D eigenvalue weighted by atomic mass is 9.90. The summed E-state index contributed by atoms with van der Waals surface area (Å²) < 4.78 is 0. The molecule has 5 rings (SSSR count). The van der Waals surface area contributed by atoms with Gasteiger partial charge in [0, 0.05) is 6.07 Å². The molecule has 0 bridgehead atoms. The zero-order valence-corrected chi connectivity index (χ0v) is 16.2. The molecule has 2 aliphatic rings. The number of carbonyl (C=O) groups excluding carboxylic acids is 2. The monoisotopic (exact) mass is 415 g/mol. The van der Waals surface area contributed by atoms with Crippen LogP contribution < -0.4 is 9.96 Å². The smallest absolute Gasteiger partial charge is 0.273 e. The average molecular weight is 415 g/mol. The molecule has 3 aromatic rings. The number of nitro groups is 1. The van der Waals surface area contributed by atoms with Crippen molar-refractivity contribution in [1.82, 2.24) is 0 Å². The van der Waals surface area contributed by atoms with E-state index in [1.54, 1.807) is 11.1 Å². The summed E-state index contributed by atoms with van der Waals surface area (Å²) in [7, 11) is 0. The molecule has 2 fully saturated rings. The lowest BCUT2D eigenvalue weighted by Gasteiger charge is -2.28. The number of hydrogen-bond acceptors (Lipinski definition) is 6. The first-order valence-electron chi connectivity index (χ1n) is 9.75. The highest BCUT2D eigenvalue weighted by Crippen LogP contribution is 2.48. The second-order valence-corrected chi connectivity index (χ2v) is 7.33. The predicted molar refractivity (Wildman–Crippen MR) is 112 cm³/mol. The number of nitrogens with zero attached hydrogens (tertiary/aromatic N) is 3. The van der Waals surface area contributed by atoms with E-state index in [-0.39, 0.29) is 11.4 Å². The standard InChI is InChI=1S/C23H17N3O5/c27-22-19-20(15-9-3-1-4-10-15)25(16-11-5-2-6-12-16)31-21(19)23(28)24(22)17-13-7-8-14-18(17)26(29)30/h1-14,19-21H/t19-,20+,21-/m0/s1. The number of benzene rings is 3. The Kier molecular flexibility index (Phi) is 4.48. The number of carbonyl (C=O) groups is 2. The molecule has 3 aromatic carbocycles. The molecule has 31 heavy (non-hydrogen) atoms. The van der Waals surface area contributed by atoms with Gasteiger partial charge in [-0.15, -0.1) is 0 Å². The van der Waals surface area contributed by atoms with Crippen molar-refractivity contribution in [3.8, 4) is 0 Å². The fourth-order valence-corrected chi connectivity index (χ4v) is 4.25. The van der Waals surface area contributed by atoms with Crippen LogP contribution in [0.15, 0.2) is 84.9 Å². The summed E-state index contributed by atoms with van der Waals surface area (Å²) in [5, 5.41) is 13.1. The lowest BCUT2D eigenvalue weighted by molar-refractivity contribution is -0.384. The second kappa shape index (κ2) is 7.33. The van der Waals surface area contributed by atoms with Crippen LogP contribution in [-0.2, 0) is 14.4 Å². The number of fused-ring (bicyclic) bond motifs is 1. The number of nitro benzene ring substituents is 1. The van der Waals surface area contributed by atoms with Gasteiger partial charge in [0.15, 0.2) is 6.10 Å². The van der Waals surface area contributed by atoms with Crippen LogP contribution in [0, 0.1) is 16.0 Å². The quantitative estimate of drug-likeness (QED) is 0.367. The van der Waals surface area contributed by atoms with Crippen LogP contribution in [0.25, 0.3) is 0 Å². The number of anilines is 2. The van der Waals surface area contributed by atoms with Crippen molar-refractivity contribution in [2.45, 2.75) is 12.1 Å². The molecule has 0 aliphatic carbocycles. The molecule has 2 saturated heterocycles. The van der Waals surface area contributed by atoms with E-state index in [0.717, 1.165) is 10.5 Å². The van der Waals surface area contributed by atoms with E-state index in [1.807, 2.05) is 60.7 Å². The molecular weight excluding hydrogens is 398 g/mol. The minimum Gasteiger partial charge on any atom is -0.273 e. The predicted octanol–water partition coefficient (Wildman–Crippen LogP) is 3.65. The number of hydroxylamine groups is 1. The van der Waals surface area contributed by atoms with Crippen LogP contribution in [0.5, 0.6) is 0 Å². The summed E-state index contributed by atoms with van der Waals surface area (Å²) in [6.07, 6.45) is -1.07. The van der Waals surface area contributed by atoms with Gasteiger partial charge in [0.1, 0.15) is 11.6 Å². The number of imide groups is 1. The van der Waals surface area contributed by atoms with Crippen LogP contribution >= 0.6 is 0 Å². The highest BCUT2D eigenvalue weighted by atomic mass is 16.7. The Bertz CT molecular complexity index is 1170. The Morgan fingerprint density at radius 2 is 1.42 bits per heavy atom. The van der Waals surface area contributed by atoms with E-state index in [9.17, 15) is 19.7 Å². The van der Waals surface area contributed by atoms with Gasteiger partial charge in [-0.2, -0.15) is 0 Å². The minimum absolute atomic E-state index is 0.0430. The molecule has 2 amide bonds. The molecule has 8 nitrogen and oxygen atoms in total. The van der Waals surface area contributed by atoms with Crippen molar-refractivity contribution >= 4 is 28.9 Å². The Balaban J connectivity index is 1.60. The van der Waals surface area contributed by atoms with Gasteiger partial charge >= 0.3 is 0 Å². The topological polar surface area (TPSA) is 93.0 Å². The van der Waals surface area contributed by atoms with Gasteiger partial charge in [0.2, 0.25) is 5.91 Å². The Labute approximate surface area is 177 Å². The van der Waals surface area contributed by atoms with E-state index in [1.165, 1.54) is 18.2 Å². The normalized spacial score (nSPS) is 22.6. The van der Waals surface area contributed by atoms with Gasteiger partial charge in [0.25, 0.3) is 11.6 Å². The number of hydrogen-bond donors (Lipinski definition) is 0. The number of rotatable bonds is 4. The molecule has 0 radical (unpaired) electrons. The van der Waals surface area contributed by atoms with Crippen molar-refractivity contribution in [2.75, 3.05) is 9.96 Å². The third-order valence-electron chi connectivity index (χ3n) is 5.59. The Hall–Kier alpha value is -4.04. The zero-order valence-electron chi connectivity index (χ0n) is 16.2. The first kappa shape index (κ1) is 19.0. The van der Waals surface area contributed by atoms with E-state index in [4.69, 9.17) is 4.84 Å². The summed E-state index contributed by atoms with van der Waals surface area (Å²) in [5.41, 5.74) is 1.17. The van der Waals surface area contributed by atoms with Crippen molar-refractivity contribution < 1.29 is 19.3 Å². The minimum atomic E-state index is -1.07. The molecule has 0 N–H and O–H groups in total. The molecule has 0 aromatic heterocycles. The van der Waals surface area contributed by atoms with Crippen LogP contribution in [0.3, 0.4) is 0 Å². The first-order valence-corrected chi connectivity index (χ1v) is 9.75. The maximum atomic E-state index is 13.5. The summed E-state index contributed by atoms with van der Waals surface area (Å²) in [6, 6.07) is 23.7. The highest BCUT2D eigenvalue weighted by molar-refractivity contribution is 6.24. The molecular formula is C23H17N3O5. The largest absolute Gasteiger partial charge is 0.293 e. The molecule has 154 valence electrons. The van der Waals surface area contributed by atoms with Crippen LogP contribution in [-0.4, -0.2) is 22.8 Å². The van der Waals surface area contributed by atoms with Crippen molar-refractivity contribution in [1.29, 1.82) is 0 Å². The zero-order chi connectivity index (χ0) is 21.5. The summed E-state index contributed by atoms with van der Waals surface area (Å²) in [4.78, 5) is 44.6. The van der Waals surface area contributed by atoms with E-state index in [2.05, 4.69) is 0 Å². The second-order valence-electron chi connectivity index (χ2n) is 7.33. The van der Waals surface area contributed by atoms with Gasteiger partial charge < -0.3 is 0 Å². The number of amides is 2. The van der Waals surface area contributed by atoms with Crippen LogP contribution in [0.2, 0.25) is 0 Å². The van der Waals surface area contributed by atoms with Crippen molar-refractivity contribution in [3.63, 3.8) is 0 Å². The maximum Gasteiger partial charge on any atom is 0.293 e. The molecule has 0 unspecified atom stereocenters. The maximum absolute atomic E-state index is 13.5. The average Bonchev–Trinajstić information content (AvgIpc) is 3.31. The summed E-state index contributed by atoms with van der Waals surface area (Å²) in [6.45, 7) is 0. The number of para-hydroxylation sites is 3. The van der Waals surface area contributed by atoms with E-state index >= 15 is 0 Å². The lowest BCUT2D eigenvalue weighted by Crippen LogP contribution is -2.37. The Morgan fingerprint density at radius 1 is 0.806 bits per heavy atom. The highest BCUT2D eigenvalue weighted by Gasteiger charge is 2.61.